The van der Waals surface area contributed by atoms with E-state index in [1.54, 1.807) is 0 Å². The number of pyridine rings is 4. The summed E-state index contributed by atoms with van der Waals surface area (Å²) < 4.78 is 8.21. The Balaban J connectivity index is 1.01. The third kappa shape index (κ3) is 6.60. The van der Waals surface area contributed by atoms with E-state index in [-0.39, 0.29) is 0 Å². The lowest BCUT2D eigenvalue weighted by Gasteiger charge is -2.07. The minimum Gasteiger partial charge on any atom is -0.242 e. The number of rotatable bonds is 8. The quantitative estimate of drug-likeness (QED) is 0.126. The fraction of sp³-hybridized carbons (Fsp3) is 0.0455. The second kappa shape index (κ2) is 14.2. The minimum atomic E-state index is 0.578. The van der Waals surface area contributed by atoms with Gasteiger partial charge in [-0.25, -0.2) is 19.7 Å². The molecule has 8 nitrogen and oxygen atoms in total. The van der Waals surface area contributed by atoms with Crippen molar-refractivity contribution in [3.8, 4) is 33.6 Å². The lowest BCUT2D eigenvalue weighted by Crippen LogP contribution is -2.38. The Hall–Kier alpha value is -7.42. The van der Waals surface area contributed by atoms with E-state index in [0.717, 1.165) is 56.0 Å². The predicted molar refractivity (Wildman–Crippen MR) is 197 cm³/mol. The molecule has 0 aliphatic rings. The van der Waals surface area contributed by atoms with Gasteiger partial charge in [0.25, 0.3) is 11.4 Å². The molecule has 0 aliphatic heterocycles. The van der Waals surface area contributed by atoms with Crippen LogP contribution in [-0.4, -0.2) is 9.97 Å². The standard InChI is InChI=1S/C44H32N8/c1-45-39-11-5-7-13-43(39)51-27-19-35(20-28-51)33-15-23-49(24-16-33)31-41-42(48-38-10-4-3-9-37(38)47-41)32-50-25-17-34(18-26-50)36-21-29-52(30-22-36)44-14-8-6-12-40(44)46-2/h3-30H,31-32H2/q+4. The van der Waals surface area contributed by atoms with Gasteiger partial charge >= 0.3 is 0 Å². The van der Waals surface area contributed by atoms with Crippen LogP contribution in [0.4, 0.5) is 11.4 Å². The fourth-order valence-corrected chi connectivity index (χ4v) is 6.30. The smallest absolute Gasteiger partial charge is 0.242 e. The first kappa shape index (κ1) is 31.8. The molecule has 0 aliphatic carbocycles. The summed E-state index contributed by atoms with van der Waals surface area (Å²) in [5.74, 6) is 0. The van der Waals surface area contributed by atoms with Crippen molar-refractivity contribution < 1.29 is 18.3 Å². The summed E-state index contributed by atoms with van der Waals surface area (Å²) >= 11 is 0. The number of nitrogens with zero attached hydrogens (tertiary/aromatic N) is 8. The van der Waals surface area contributed by atoms with Gasteiger partial charge in [0, 0.05) is 48.5 Å². The molecule has 0 N–H and O–H groups in total. The Labute approximate surface area is 301 Å². The zero-order valence-electron chi connectivity index (χ0n) is 28.2. The van der Waals surface area contributed by atoms with E-state index in [1.165, 1.54) is 0 Å². The molecule has 0 atom stereocenters. The average molecular weight is 673 g/mol. The minimum absolute atomic E-state index is 0.578. The first-order chi connectivity index (χ1) is 25.6. The number of hydrogen-bond donors (Lipinski definition) is 0. The van der Waals surface area contributed by atoms with E-state index in [0.29, 0.717) is 24.5 Å². The van der Waals surface area contributed by atoms with E-state index in [2.05, 4.69) is 92.1 Å². The fourth-order valence-electron chi connectivity index (χ4n) is 6.30. The molecule has 244 valence electrons. The molecule has 8 aromatic rings. The predicted octanol–water partition coefficient (Wildman–Crippen LogP) is 7.29. The maximum absolute atomic E-state index is 7.49. The second-order valence-corrected chi connectivity index (χ2v) is 12.3. The van der Waals surface area contributed by atoms with Crippen LogP contribution in [0.25, 0.3) is 54.4 Å². The van der Waals surface area contributed by atoms with E-state index in [1.807, 2.05) is 107 Å². The highest BCUT2D eigenvalue weighted by Crippen LogP contribution is 2.22. The van der Waals surface area contributed by atoms with Crippen LogP contribution in [0.15, 0.2) is 171 Å². The molecular formula is C44H32N8+4. The van der Waals surface area contributed by atoms with Crippen LogP contribution in [0.1, 0.15) is 11.4 Å². The molecule has 3 aromatic carbocycles. The van der Waals surface area contributed by atoms with Gasteiger partial charge in [0.2, 0.25) is 11.4 Å². The SMILES string of the molecule is [C-]#[N+]c1ccccc1-[n+]1ccc(-c2cc[n+](Cc3nc4ccccc4nc3C[n+]3ccc(-c4cc[n+](-c5ccccc5[N+]#[C-])cc4)cc3)cc2)cc1. The molecular weight excluding hydrogens is 641 g/mol. The number of fused-ring (bicyclic) bond motifs is 1. The molecule has 0 unspecified atom stereocenters. The topological polar surface area (TPSA) is 50.0 Å². The molecule has 0 saturated carbocycles. The van der Waals surface area contributed by atoms with Crippen LogP contribution in [0.5, 0.6) is 0 Å². The van der Waals surface area contributed by atoms with Crippen LogP contribution in [0, 0.1) is 13.1 Å². The summed E-state index contributed by atoms with van der Waals surface area (Å²) in [5, 5.41) is 0. The first-order valence-corrected chi connectivity index (χ1v) is 16.8. The van der Waals surface area contributed by atoms with E-state index < -0.39 is 0 Å². The highest BCUT2D eigenvalue weighted by Gasteiger charge is 2.19. The summed E-state index contributed by atoms with van der Waals surface area (Å²) in [5.41, 5.74) is 10.9. The molecule has 0 bridgehead atoms. The summed E-state index contributed by atoms with van der Waals surface area (Å²) in [6.45, 7) is 16.1. The molecule has 0 saturated heterocycles. The average Bonchev–Trinajstić information content (AvgIpc) is 3.22. The molecule has 8 rings (SSSR count). The molecule has 0 radical (unpaired) electrons. The maximum atomic E-state index is 7.49. The molecule has 0 amide bonds. The van der Waals surface area contributed by atoms with E-state index >= 15 is 0 Å². The van der Waals surface area contributed by atoms with Crippen LogP contribution in [0.2, 0.25) is 0 Å². The van der Waals surface area contributed by atoms with Gasteiger partial charge in [-0.2, -0.15) is 18.3 Å². The maximum Gasteiger partial charge on any atom is 0.256 e. The van der Waals surface area contributed by atoms with E-state index in [9.17, 15) is 0 Å². The Kier molecular flexibility index (Phi) is 8.69. The molecule has 0 fully saturated rings. The molecule has 5 aromatic heterocycles. The number of hydrogen-bond acceptors (Lipinski definition) is 2. The highest BCUT2D eigenvalue weighted by atomic mass is 15.0. The second-order valence-electron chi connectivity index (χ2n) is 12.3. The Morgan fingerprint density at radius 2 is 0.731 bits per heavy atom. The van der Waals surface area contributed by atoms with Gasteiger partial charge in [0.1, 0.15) is 11.4 Å². The van der Waals surface area contributed by atoms with Crippen LogP contribution < -0.4 is 18.3 Å². The largest absolute Gasteiger partial charge is 0.256 e. The molecule has 52 heavy (non-hydrogen) atoms. The van der Waals surface area contributed by atoms with Crippen molar-refractivity contribution in [2.45, 2.75) is 13.1 Å². The summed E-state index contributed by atoms with van der Waals surface area (Å²) in [7, 11) is 0. The summed E-state index contributed by atoms with van der Waals surface area (Å²) in [6.07, 6.45) is 16.3. The van der Waals surface area contributed by atoms with Crippen molar-refractivity contribution in [1.82, 2.24) is 9.97 Å². The highest BCUT2D eigenvalue weighted by molar-refractivity contribution is 5.74. The van der Waals surface area contributed by atoms with Crippen molar-refractivity contribution in [2.75, 3.05) is 0 Å². The Morgan fingerprint density at radius 3 is 1.10 bits per heavy atom. The van der Waals surface area contributed by atoms with Crippen LogP contribution in [0.3, 0.4) is 0 Å². The van der Waals surface area contributed by atoms with Gasteiger partial charge in [-0.15, -0.1) is 0 Å². The molecule has 8 heteroatoms. The van der Waals surface area contributed by atoms with Crippen molar-refractivity contribution in [2.24, 2.45) is 0 Å². The number of aromatic nitrogens is 6. The monoisotopic (exact) mass is 672 g/mol. The van der Waals surface area contributed by atoms with Crippen LogP contribution >= 0.6 is 0 Å². The summed E-state index contributed by atoms with van der Waals surface area (Å²) in [6, 6.07) is 40.0. The van der Waals surface area contributed by atoms with Gasteiger partial charge in [0.15, 0.2) is 62.7 Å². The Morgan fingerprint density at radius 1 is 0.404 bits per heavy atom. The third-order valence-corrected chi connectivity index (χ3v) is 9.06. The number of benzene rings is 3. The first-order valence-electron chi connectivity index (χ1n) is 16.8. The van der Waals surface area contributed by atoms with E-state index in [4.69, 9.17) is 23.1 Å². The van der Waals surface area contributed by atoms with Gasteiger partial charge in [-0.1, -0.05) is 36.4 Å². The lowest BCUT2D eigenvalue weighted by molar-refractivity contribution is -0.694. The molecule has 5 heterocycles. The van der Waals surface area contributed by atoms with Crippen molar-refractivity contribution >= 4 is 22.4 Å². The normalized spacial score (nSPS) is 10.8. The molecule has 0 spiro atoms. The lowest BCUT2D eigenvalue weighted by atomic mass is 10.1. The zero-order valence-corrected chi connectivity index (χ0v) is 28.2. The Bertz CT molecular complexity index is 2430. The van der Waals surface area contributed by atoms with Gasteiger partial charge in [-0.05, 0) is 58.7 Å². The zero-order chi connectivity index (χ0) is 35.3. The summed E-state index contributed by atoms with van der Waals surface area (Å²) in [4.78, 5) is 17.4. The third-order valence-electron chi connectivity index (χ3n) is 9.06. The van der Waals surface area contributed by atoms with Crippen LogP contribution in [-0.2, 0) is 13.1 Å². The van der Waals surface area contributed by atoms with Gasteiger partial charge in [0.05, 0.1) is 24.2 Å². The van der Waals surface area contributed by atoms with Gasteiger partial charge in [-0.3, -0.25) is 0 Å². The number of para-hydroxylation sites is 6. The van der Waals surface area contributed by atoms with Crippen molar-refractivity contribution in [1.29, 1.82) is 0 Å². The van der Waals surface area contributed by atoms with Crippen molar-refractivity contribution in [3.63, 3.8) is 0 Å². The van der Waals surface area contributed by atoms with Gasteiger partial charge < -0.3 is 0 Å². The van der Waals surface area contributed by atoms with Crippen molar-refractivity contribution in [3.05, 3.63) is 205 Å².